The minimum Gasteiger partial charge on any atom is -0.394 e. The summed E-state index contributed by atoms with van der Waals surface area (Å²) in [6.07, 6.45) is 7.55. The van der Waals surface area contributed by atoms with E-state index in [2.05, 4.69) is 39.7 Å². The molecular formula is C17H28N4O. The van der Waals surface area contributed by atoms with Gasteiger partial charge < -0.3 is 14.9 Å². The third kappa shape index (κ3) is 3.35. The van der Waals surface area contributed by atoms with E-state index in [1.165, 1.54) is 19.3 Å². The summed E-state index contributed by atoms with van der Waals surface area (Å²) >= 11 is 0. The van der Waals surface area contributed by atoms with Crippen molar-refractivity contribution >= 4 is 11.6 Å². The van der Waals surface area contributed by atoms with Crippen LogP contribution in [0.1, 0.15) is 46.0 Å². The standard InChI is InChI=1S/C17H28N4O/c1-17(2)6-4-8-20(10-7-17)15-11-16(19-13-18-15)21-9-3-5-14(21)12-22/h11,13-14,22H,3-10,12H2,1-2H3. The summed E-state index contributed by atoms with van der Waals surface area (Å²) in [5, 5.41) is 9.52. The maximum absolute atomic E-state index is 9.52. The molecule has 2 aliphatic rings. The van der Waals surface area contributed by atoms with Gasteiger partial charge in [-0.05, 0) is 37.5 Å². The quantitative estimate of drug-likeness (QED) is 0.929. The van der Waals surface area contributed by atoms with Crippen LogP contribution in [0.4, 0.5) is 11.6 Å². The molecule has 0 aliphatic carbocycles. The topological polar surface area (TPSA) is 52.5 Å². The Kier molecular flexibility index (Phi) is 4.52. The average Bonchev–Trinajstić information content (AvgIpc) is 2.91. The first-order valence-corrected chi connectivity index (χ1v) is 8.53. The monoisotopic (exact) mass is 304 g/mol. The van der Waals surface area contributed by atoms with Crippen molar-refractivity contribution in [2.45, 2.75) is 52.0 Å². The molecule has 22 heavy (non-hydrogen) atoms. The summed E-state index contributed by atoms with van der Waals surface area (Å²) < 4.78 is 0. The van der Waals surface area contributed by atoms with Gasteiger partial charge in [0.05, 0.1) is 12.6 Å². The van der Waals surface area contributed by atoms with Crippen LogP contribution in [0.3, 0.4) is 0 Å². The molecule has 0 amide bonds. The molecule has 122 valence electrons. The highest BCUT2D eigenvalue weighted by Crippen LogP contribution is 2.32. The molecule has 1 unspecified atom stereocenters. The Hall–Kier alpha value is -1.36. The predicted molar refractivity (Wildman–Crippen MR) is 89.3 cm³/mol. The first kappa shape index (κ1) is 15.5. The normalized spacial score (nSPS) is 25.3. The van der Waals surface area contributed by atoms with Crippen LogP contribution < -0.4 is 9.80 Å². The fourth-order valence-corrected chi connectivity index (χ4v) is 3.65. The van der Waals surface area contributed by atoms with Crippen molar-refractivity contribution in [2.75, 3.05) is 36.0 Å². The zero-order valence-corrected chi connectivity index (χ0v) is 13.8. The molecule has 2 saturated heterocycles. The van der Waals surface area contributed by atoms with Crippen LogP contribution in [-0.2, 0) is 0 Å². The lowest BCUT2D eigenvalue weighted by Crippen LogP contribution is -2.33. The Labute approximate surface area is 133 Å². The van der Waals surface area contributed by atoms with Crippen LogP contribution >= 0.6 is 0 Å². The lowest BCUT2D eigenvalue weighted by molar-refractivity contribution is 0.266. The highest BCUT2D eigenvalue weighted by atomic mass is 16.3. The highest BCUT2D eigenvalue weighted by Gasteiger charge is 2.27. The Bertz CT molecular complexity index is 505. The first-order valence-electron chi connectivity index (χ1n) is 8.53. The lowest BCUT2D eigenvalue weighted by Gasteiger charge is -2.27. The maximum Gasteiger partial charge on any atom is 0.134 e. The van der Waals surface area contributed by atoms with Gasteiger partial charge in [0.15, 0.2) is 0 Å². The molecule has 0 spiro atoms. The van der Waals surface area contributed by atoms with E-state index in [4.69, 9.17) is 0 Å². The molecule has 1 N–H and O–H groups in total. The number of hydrogen-bond donors (Lipinski definition) is 1. The minimum absolute atomic E-state index is 0.206. The molecule has 5 heteroatoms. The molecule has 2 fully saturated rings. The molecule has 0 radical (unpaired) electrons. The lowest BCUT2D eigenvalue weighted by atomic mass is 9.85. The second kappa shape index (κ2) is 6.41. The van der Waals surface area contributed by atoms with Gasteiger partial charge in [-0.1, -0.05) is 13.8 Å². The van der Waals surface area contributed by atoms with Crippen molar-refractivity contribution in [2.24, 2.45) is 5.41 Å². The van der Waals surface area contributed by atoms with E-state index in [-0.39, 0.29) is 12.6 Å². The fourth-order valence-electron chi connectivity index (χ4n) is 3.65. The highest BCUT2D eigenvalue weighted by molar-refractivity contribution is 5.51. The van der Waals surface area contributed by atoms with Crippen molar-refractivity contribution < 1.29 is 5.11 Å². The number of rotatable bonds is 3. The third-order valence-corrected chi connectivity index (χ3v) is 5.18. The van der Waals surface area contributed by atoms with Gasteiger partial charge in [0.1, 0.15) is 18.0 Å². The Morgan fingerprint density at radius 3 is 2.77 bits per heavy atom. The summed E-state index contributed by atoms with van der Waals surface area (Å²) in [4.78, 5) is 13.6. The van der Waals surface area contributed by atoms with Gasteiger partial charge in [-0.15, -0.1) is 0 Å². The molecule has 1 aromatic heterocycles. The zero-order valence-electron chi connectivity index (χ0n) is 13.8. The minimum atomic E-state index is 0.206. The number of hydrogen-bond acceptors (Lipinski definition) is 5. The van der Waals surface area contributed by atoms with E-state index >= 15 is 0 Å². The van der Waals surface area contributed by atoms with E-state index in [9.17, 15) is 5.11 Å². The van der Waals surface area contributed by atoms with Gasteiger partial charge in [0.25, 0.3) is 0 Å². The van der Waals surface area contributed by atoms with Gasteiger partial charge in [-0.2, -0.15) is 0 Å². The van der Waals surface area contributed by atoms with E-state index in [0.717, 1.165) is 44.1 Å². The second-order valence-electron chi connectivity index (χ2n) is 7.41. The fraction of sp³-hybridized carbons (Fsp3) is 0.765. The van der Waals surface area contributed by atoms with Crippen LogP contribution in [0.2, 0.25) is 0 Å². The van der Waals surface area contributed by atoms with Crippen molar-refractivity contribution in [3.05, 3.63) is 12.4 Å². The van der Waals surface area contributed by atoms with Gasteiger partial charge in [-0.3, -0.25) is 0 Å². The molecule has 3 heterocycles. The van der Waals surface area contributed by atoms with Crippen molar-refractivity contribution in [3.8, 4) is 0 Å². The molecule has 2 aliphatic heterocycles. The van der Waals surface area contributed by atoms with Crippen molar-refractivity contribution in [1.82, 2.24) is 9.97 Å². The number of aliphatic hydroxyl groups excluding tert-OH is 1. The van der Waals surface area contributed by atoms with Crippen LogP contribution in [0.15, 0.2) is 12.4 Å². The van der Waals surface area contributed by atoms with E-state index in [1.54, 1.807) is 6.33 Å². The Balaban J connectivity index is 1.76. The summed E-state index contributed by atoms with van der Waals surface area (Å²) in [5.41, 5.74) is 0.432. The maximum atomic E-state index is 9.52. The second-order valence-corrected chi connectivity index (χ2v) is 7.41. The largest absolute Gasteiger partial charge is 0.394 e. The third-order valence-electron chi connectivity index (χ3n) is 5.18. The Morgan fingerprint density at radius 1 is 1.14 bits per heavy atom. The van der Waals surface area contributed by atoms with E-state index in [0.29, 0.717) is 5.41 Å². The van der Waals surface area contributed by atoms with E-state index < -0.39 is 0 Å². The van der Waals surface area contributed by atoms with Crippen LogP contribution in [0, 0.1) is 5.41 Å². The van der Waals surface area contributed by atoms with E-state index in [1.807, 2.05) is 0 Å². The average molecular weight is 304 g/mol. The molecule has 0 bridgehead atoms. The molecule has 0 aromatic carbocycles. The van der Waals surface area contributed by atoms with Gasteiger partial charge in [-0.25, -0.2) is 9.97 Å². The molecular weight excluding hydrogens is 276 g/mol. The first-order chi connectivity index (χ1) is 10.6. The number of anilines is 2. The molecule has 3 rings (SSSR count). The summed E-state index contributed by atoms with van der Waals surface area (Å²) in [5.74, 6) is 2.00. The van der Waals surface area contributed by atoms with Crippen molar-refractivity contribution in [1.29, 1.82) is 0 Å². The number of aromatic nitrogens is 2. The molecule has 5 nitrogen and oxygen atoms in total. The van der Waals surface area contributed by atoms with Gasteiger partial charge in [0, 0.05) is 25.7 Å². The summed E-state index contributed by atoms with van der Waals surface area (Å²) in [6, 6.07) is 2.32. The Morgan fingerprint density at radius 2 is 1.95 bits per heavy atom. The SMILES string of the molecule is CC1(C)CCCN(c2cc(N3CCCC3CO)ncn2)CC1. The van der Waals surface area contributed by atoms with Gasteiger partial charge >= 0.3 is 0 Å². The van der Waals surface area contributed by atoms with Crippen molar-refractivity contribution in [3.63, 3.8) is 0 Å². The molecule has 1 aromatic rings. The number of nitrogens with zero attached hydrogens (tertiary/aromatic N) is 4. The van der Waals surface area contributed by atoms with Crippen LogP contribution in [0.5, 0.6) is 0 Å². The van der Waals surface area contributed by atoms with Crippen LogP contribution in [0.25, 0.3) is 0 Å². The summed E-state index contributed by atoms with van der Waals surface area (Å²) in [6.45, 7) is 8.04. The van der Waals surface area contributed by atoms with Gasteiger partial charge in [0.2, 0.25) is 0 Å². The molecule has 0 saturated carbocycles. The molecule has 1 atom stereocenters. The number of aliphatic hydroxyl groups is 1. The smallest absolute Gasteiger partial charge is 0.134 e. The summed E-state index contributed by atoms with van der Waals surface area (Å²) in [7, 11) is 0. The predicted octanol–water partition coefficient (Wildman–Crippen LogP) is 2.45. The van der Waals surface area contributed by atoms with Crippen LogP contribution in [-0.4, -0.2) is 47.4 Å². The zero-order chi connectivity index (χ0) is 15.6.